The maximum atomic E-state index is 5.84. The number of allylic oxidation sites excluding steroid dienone is 2. The fraction of sp³-hybridized carbons (Fsp3) is 0.471. The fourth-order valence-electron chi connectivity index (χ4n) is 5.07. The van der Waals surface area contributed by atoms with Gasteiger partial charge in [-0.2, -0.15) is 0 Å². The van der Waals surface area contributed by atoms with Crippen molar-refractivity contribution in [1.82, 2.24) is 0 Å². The van der Waals surface area contributed by atoms with Crippen molar-refractivity contribution in [2.45, 2.75) is 18.9 Å². The molecule has 6 atom stereocenters. The van der Waals surface area contributed by atoms with Gasteiger partial charge in [0.1, 0.15) is 6.10 Å². The Hall–Kier alpha value is -1.57. The van der Waals surface area contributed by atoms with Gasteiger partial charge < -0.3 is 4.84 Å². The van der Waals surface area contributed by atoms with Crippen LogP contribution < -0.4 is 0 Å². The molecule has 4 aliphatic rings. The number of oxime groups is 1. The molecule has 1 aromatic carbocycles. The molecule has 0 spiro atoms. The van der Waals surface area contributed by atoms with Crippen LogP contribution in [0.15, 0.2) is 47.6 Å². The molecule has 0 saturated heterocycles. The van der Waals surface area contributed by atoms with Crippen molar-refractivity contribution in [2.75, 3.05) is 0 Å². The van der Waals surface area contributed by atoms with Crippen LogP contribution in [-0.4, -0.2) is 11.8 Å². The van der Waals surface area contributed by atoms with Crippen LogP contribution in [0.3, 0.4) is 0 Å². The summed E-state index contributed by atoms with van der Waals surface area (Å²) in [6.45, 7) is 0. The molecule has 1 aliphatic heterocycles. The number of rotatable bonds is 1. The molecule has 2 bridgehead atoms. The van der Waals surface area contributed by atoms with Gasteiger partial charge in [0.2, 0.25) is 0 Å². The van der Waals surface area contributed by atoms with E-state index in [1.54, 1.807) is 0 Å². The SMILES string of the molecule is C1=C[C@@H]2[C@H](C1)[C@H]1C[C@@H]2[C@@H]2ON=C(c3ccccc3)[C@H]12. The normalized spacial score (nSPS) is 44.9. The van der Waals surface area contributed by atoms with Gasteiger partial charge >= 0.3 is 0 Å². The lowest BCUT2D eigenvalue weighted by atomic mass is 9.71. The van der Waals surface area contributed by atoms with E-state index in [0.717, 1.165) is 17.8 Å². The second-order valence-corrected chi connectivity index (χ2v) is 6.41. The van der Waals surface area contributed by atoms with Crippen molar-refractivity contribution >= 4 is 5.71 Å². The molecule has 0 N–H and O–H groups in total. The van der Waals surface area contributed by atoms with Gasteiger partial charge in [-0.15, -0.1) is 0 Å². The number of nitrogens with zero attached hydrogens (tertiary/aromatic N) is 1. The Morgan fingerprint density at radius 1 is 1.05 bits per heavy atom. The molecule has 0 unspecified atom stereocenters. The zero-order valence-corrected chi connectivity index (χ0v) is 10.8. The zero-order valence-electron chi connectivity index (χ0n) is 10.8. The van der Waals surface area contributed by atoms with Gasteiger partial charge in [-0.25, -0.2) is 0 Å². The molecule has 2 fully saturated rings. The molecule has 2 saturated carbocycles. The van der Waals surface area contributed by atoms with Crippen LogP contribution in [-0.2, 0) is 4.84 Å². The van der Waals surface area contributed by atoms with Crippen LogP contribution in [0.5, 0.6) is 0 Å². The predicted molar refractivity (Wildman–Crippen MR) is 73.7 cm³/mol. The monoisotopic (exact) mass is 251 g/mol. The highest BCUT2D eigenvalue weighted by Gasteiger charge is 2.62. The average Bonchev–Trinajstić information content (AvgIpc) is 3.17. The molecule has 0 amide bonds. The van der Waals surface area contributed by atoms with E-state index in [2.05, 4.69) is 47.6 Å². The Labute approximate surface area is 113 Å². The second kappa shape index (κ2) is 3.50. The van der Waals surface area contributed by atoms with Crippen molar-refractivity contribution in [3.05, 3.63) is 48.0 Å². The number of hydrogen-bond acceptors (Lipinski definition) is 2. The summed E-state index contributed by atoms with van der Waals surface area (Å²) in [6.07, 6.45) is 7.80. The number of benzene rings is 1. The van der Waals surface area contributed by atoms with Gasteiger partial charge in [-0.05, 0) is 36.2 Å². The first kappa shape index (κ1) is 10.2. The van der Waals surface area contributed by atoms with E-state index < -0.39 is 0 Å². The van der Waals surface area contributed by atoms with Crippen molar-refractivity contribution < 1.29 is 4.84 Å². The smallest absolute Gasteiger partial charge is 0.139 e. The minimum atomic E-state index is 0.351. The molecular formula is C17H17NO. The van der Waals surface area contributed by atoms with Crippen LogP contribution in [0.4, 0.5) is 0 Å². The zero-order chi connectivity index (χ0) is 12.4. The summed E-state index contributed by atoms with van der Waals surface area (Å²) in [5.41, 5.74) is 2.47. The Morgan fingerprint density at radius 3 is 2.84 bits per heavy atom. The molecule has 5 rings (SSSR count). The molecule has 1 heterocycles. The predicted octanol–water partition coefficient (Wildman–Crippen LogP) is 3.25. The molecule has 0 aromatic heterocycles. The van der Waals surface area contributed by atoms with E-state index in [0.29, 0.717) is 17.9 Å². The fourth-order valence-corrected chi connectivity index (χ4v) is 5.07. The van der Waals surface area contributed by atoms with E-state index in [-0.39, 0.29) is 0 Å². The number of fused-ring (bicyclic) bond motifs is 8. The van der Waals surface area contributed by atoms with Crippen molar-refractivity contribution in [2.24, 2.45) is 34.7 Å². The molecule has 2 heteroatoms. The van der Waals surface area contributed by atoms with Crippen LogP contribution >= 0.6 is 0 Å². The van der Waals surface area contributed by atoms with E-state index in [9.17, 15) is 0 Å². The first-order valence-corrected chi connectivity index (χ1v) is 7.39. The molecule has 3 aliphatic carbocycles. The molecule has 0 radical (unpaired) electrons. The van der Waals surface area contributed by atoms with Crippen molar-refractivity contribution in [1.29, 1.82) is 0 Å². The van der Waals surface area contributed by atoms with Gasteiger partial charge in [0, 0.05) is 11.8 Å². The lowest BCUT2D eigenvalue weighted by Crippen LogP contribution is -2.38. The number of hydrogen-bond donors (Lipinski definition) is 0. The molecule has 1 aromatic rings. The topological polar surface area (TPSA) is 21.6 Å². The summed E-state index contributed by atoms with van der Waals surface area (Å²) in [5.74, 6) is 3.69. The van der Waals surface area contributed by atoms with Gasteiger partial charge in [0.15, 0.2) is 0 Å². The lowest BCUT2D eigenvalue weighted by Gasteiger charge is -2.32. The van der Waals surface area contributed by atoms with Crippen LogP contribution in [0.1, 0.15) is 18.4 Å². The first-order chi connectivity index (χ1) is 9.43. The summed E-state index contributed by atoms with van der Waals surface area (Å²) < 4.78 is 0. The molecule has 2 nitrogen and oxygen atoms in total. The maximum absolute atomic E-state index is 5.84. The van der Waals surface area contributed by atoms with E-state index in [4.69, 9.17) is 4.84 Å². The third-order valence-corrected chi connectivity index (χ3v) is 5.74. The Morgan fingerprint density at radius 2 is 1.95 bits per heavy atom. The summed E-state index contributed by atoms with van der Waals surface area (Å²) in [4.78, 5) is 5.84. The summed E-state index contributed by atoms with van der Waals surface area (Å²) >= 11 is 0. The van der Waals surface area contributed by atoms with Crippen LogP contribution in [0.25, 0.3) is 0 Å². The van der Waals surface area contributed by atoms with E-state index >= 15 is 0 Å². The van der Waals surface area contributed by atoms with Crippen molar-refractivity contribution in [3.8, 4) is 0 Å². The largest absolute Gasteiger partial charge is 0.391 e. The van der Waals surface area contributed by atoms with E-state index in [1.165, 1.54) is 24.1 Å². The summed E-state index contributed by atoms with van der Waals surface area (Å²) in [7, 11) is 0. The quantitative estimate of drug-likeness (QED) is 0.702. The maximum Gasteiger partial charge on any atom is 0.139 e. The highest BCUT2D eigenvalue weighted by molar-refractivity contribution is 6.03. The van der Waals surface area contributed by atoms with Gasteiger partial charge in [-0.1, -0.05) is 47.6 Å². The standard InChI is InChI=1S/C17H17NO/c1-2-5-10(6-3-1)16-15-13-9-14(17(15)19-18-16)12-8-4-7-11(12)13/h1-6,8,11-15,17H,7,9H2/t11-,12+,13+,14-,15-,17-/m0/s1. The summed E-state index contributed by atoms with van der Waals surface area (Å²) in [5, 5.41) is 4.45. The Balaban J connectivity index is 1.54. The lowest BCUT2D eigenvalue weighted by molar-refractivity contribution is 0.00332. The second-order valence-electron chi connectivity index (χ2n) is 6.41. The minimum absolute atomic E-state index is 0.351. The van der Waals surface area contributed by atoms with Gasteiger partial charge in [0.05, 0.1) is 5.71 Å². The average molecular weight is 251 g/mol. The van der Waals surface area contributed by atoms with E-state index in [1.807, 2.05) is 0 Å². The van der Waals surface area contributed by atoms with Crippen LogP contribution in [0.2, 0.25) is 0 Å². The third-order valence-electron chi connectivity index (χ3n) is 5.74. The molecule has 19 heavy (non-hydrogen) atoms. The molecule has 96 valence electrons. The van der Waals surface area contributed by atoms with Gasteiger partial charge in [-0.3, -0.25) is 0 Å². The van der Waals surface area contributed by atoms with Gasteiger partial charge in [0.25, 0.3) is 0 Å². The molecular weight excluding hydrogens is 234 g/mol. The highest BCUT2D eigenvalue weighted by Crippen LogP contribution is 2.61. The third kappa shape index (κ3) is 1.20. The first-order valence-electron chi connectivity index (χ1n) is 7.39. The summed E-state index contributed by atoms with van der Waals surface area (Å²) in [6, 6.07) is 10.6. The minimum Gasteiger partial charge on any atom is -0.391 e. The Bertz CT molecular complexity index is 576. The van der Waals surface area contributed by atoms with Crippen LogP contribution in [0, 0.1) is 29.6 Å². The van der Waals surface area contributed by atoms with Crippen molar-refractivity contribution in [3.63, 3.8) is 0 Å². The highest BCUT2D eigenvalue weighted by atomic mass is 16.6. The Kier molecular flexibility index (Phi) is 1.89.